The van der Waals surface area contributed by atoms with Crippen molar-refractivity contribution in [1.29, 1.82) is 0 Å². The second-order valence-corrected chi connectivity index (χ2v) is 7.46. The summed E-state index contributed by atoms with van der Waals surface area (Å²) in [5, 5.41) is 4.06. The highest BCUT2D eigenvalue weighted by Gasteiger charge is 2.26. The summed E-state index contributed by atoms with van der Waals surface area (Å²) in [5.41, 5.74) is 4.24. The summed E-state index contributed by atoms with van der Waals surface area (Å²) in [6.45, 7) is 3.53. The van der Waals surface area contributed by atoms with Crippen LogP contribution in [0, 0.1) is 0 Å². The molecule has 2 heterocycles. The van der Waals surface area contributed by atoms with E-state index in [1.54, 1.807) is 0 Å². The first-order valence-corrected chi connectivity index (χ1v) is 9.80. The van der Waals surface area contributed by atoms with E-state index in [1.807, 2.05) is 35.2 Å². The number of nitrogens with zero attached hydrogens (tertiary/aromatic N) is 1. The lowest BCUT2D eigenvalue weighted by Crippen LogP contribution is -2.37. The van der Waals surface area contributed by atoms with Crippen molar-refractivity contribution >= 4 is 22.7 Å². The molecule has 1 aliphatic rings. The number of aromatic amines is 1. The van der Waals surface area contributed by atoms with E-state index in [9.17, 15) is 9.59 Å². The van der Waals surface area contributed by atoms with Gasteiger partial charge in [0.15, 0.2) is 0 Å². The zero-order chi connectivity index (χ0) is 19.5. The number of nitrogens with one attached hydrogen (secondary N) is 2. The van der Waals surface area contributed by atoms with Crippen LogP contribution in [-0.2, 0) is 11.3 Å². The zero-order valence-electron chi connectivity index (χ0n) is 16.1. The smallest absolute Gasteiger partial charge is 0.253 e. The average molecular weight is 375 g/mol. The second kappa shape index (κ2) is 7.89. The van der Waals surface area contributed by atoms with E-state index in [4.69, 9.17) is 0 Å². The molecule has 1 aliphatic heterocycles. The summed E-state index contributed by atoms with van der Waals surface area (Å²) in [7, 11) is 0. The minimum atomic E-state index is -0.0572. The highest BCUT2D eigenvalue weighted by atomic mass is 16.2. The molecule has 0 aliphatic carbocycles. The van der Waals surface area contributed by atoms with Gasteiger partial charge in [-0.15, -0.1) is 0 Å². The van der Waals surface area contributed by atoms with Crippen molar-refractivity contribution in [2.24, 2.45) is 0 Å². The fourth-order valence-electron chi connectivity index (χ4n) is 4.00. The number of rotatable bonds is 4. The number of para-hydroxylation sites is 1. The molecule has 144 valence electrons. The minimum absolute atomic E-state index is 0.0572. The third kappa shape index (κ3) is 3.79. The molecule has 2 amide bonds. The first kappa shape index (κ1) is 18.3. The van der Waals surface area contributed by atoms with Crippen molar-refractivity contribution in [3.8, 4) is 0 Å². The number of carbonyl (C=O) groups excluding carboxylic acids is 2. The van der Waals surface area contributed by atoms with E-state index in [0.29, 0.717) is 18.0 Å². The van der Waals surface area contributed by atoms with E-state index < -0.39 is 0 Å². The van der Waals surface area contributed by atoms with E-state index in [-0.39, 0.29) is 11.8 Å². The lowest BCUT2D eigenvalue weighted by atomic mass is 9.89. The van der Waals surface area contributed by atoms with Crippen LogP contribution in [0.1, 0.15) is 47.2 Å². The molecule has 1 aromatic heterocycles. The molecule has 4 rings (SSSR count). The van der Waals surface area contributed by atoms with Crippen molar-refractivity contribution in [3.63, 3.8) is 0 Å². The predicted molar refractivity (Wildman–Crippen MR) is 110 cm³/mol. The quantitative estimate of drug-likeness (QED) is 0.728. The molecule has 0 atom stereocenters. The van der Waals surface area contributed by atoms with Gasteiger partial charge in [-0.1, -0.05) is 30.3 Å². The number of aromatic nitrogens is 1. The van der Waals surface area contributed by atoms with E-state index in [1.165, 1.54) is 23.4 Å². The number of hydrogen-bond donors (Lipinski definition) is 2. The van der Waals surface area contributed by atoms with Crippen LogP contribution in [0.3, 0.4) is 0 Å². The van der Waals surface area contributed by atoms with Gasteiger partial charge in [0.05, 0.1) is 0 Å². The van der Waals surface area contributed by atoms with Gasteiger partial charge in [-0.3, -0.25) is 9.59 Å². The van der Waals surface area contributed by atoms with Crippen molar-refractivity contribution in [2.45, 2.75) is 32.2 Å². The average Bonchev–Trinajstić information content (AvgIpc) is 3.16. The van der Waals surface area contributed by atoms with Crippen molar-refractivity contribution in [1.82, 2.24) is 15.2 Å². The number of carbonyl (C=O) groups is 2. The van der Waals surface area contributed by atoms with Crippen LogP contribution < -0.4 is 5.32 Å². The number of H-pyrrole nitrogens is 1. The van der Waals surface area contributed by atoms with Gasteiger partial charge in [-0.25, -0.2) is 0 Å². The molecule has 0 unspecified atom stereocenters. The highest BCUT2D eigenvalue weighted by molar-refractivity contribution is 5.94. The largest absolute Gasteiger partial charge is 0.361 e. The van der Waals surface area contributed by atoms with Crippen LogP contribution in [-0.4, -0.2) is 34.8 Å². The Kier molecular flexibility index (Phi) is 5.15. The summed E-state index contributed by atoms with van der Waals surface area (Å²) >= 11 is 0. The van der Waals surface area contributed by atoms with Crippen molar-refractivity contribution in [3.05, 3.63) is 71.4 Å². The Bertz CT molecular complexity index is 983. The number of benzene rings is 2. The fraction of sp³-hybridized carbons (Fsp3) is 0.304. The molecule has 28 heavy (non-hydrogen) atoms. The molecule has 1 saturated heterocycles. The number of amides is 2. The first-order chi connectivity index (χ1) is 13.6. The second-order valence-electron chi connectivity index (χ2n) is 7.46. The molecule has 2 aromatic carbocycles. The first-order valence-electron chi connectivity index (χ1n) is 9.80. The summed E-state index contributed by atoms with van der Waals surface area (Å²) in [6, 6.07) is 15.9. The molecular weight excluding hydrogens is 350 g/mol. The maximum atomic E-state index is 12.8. The van der Waals surface area contributed by atoms with E-state index >= 15 is 0 Å². The third-order valence-corrected chi connectivity index (χ3v) is 5.59. The Morgan fingerprint density at radius 3 is 2.50 bits per heavy atom. The Balaban J connectivity index is 1.38. The molecule has 0 spiro atoms. The molecule has 0 radical (unpaired) electrons. The van der Waals surface area contributed by atoms with Gasteiger partial charge in [0.25, 0.3) is 5.91 Å². The van der Waals surface area contributed by atoms with E-state index in [2.05, 4.69) is 34.7 Å². The monoisotopic (exact) mass is 375 g/mol. The standard InChI is InChI=1S/C23H25N3O2/c1-16(27)24-14-17-6-8-19(9-7-17)23(28)26-12-10-18(11-13-26)21-15-25-22-5-3-2-4-20(21)22/h2-9,15,18,25H,10-14H2,1H3,(H,24,27). The van der Waals surface area contributed by atoms with Crippen molar-refractivity contribution < 1.29 is 9.59 Å². The Labute approximate surface area is 164 Å². The normalized spacial score (nSPS) is 15.0. The fourth-order valence-corrected chi connectivity index (χ4v) is 4.00. The molecular formula is C23H25N3O2. The van der Waals surface area contributed by atoms with Crippen LogP contribution in [0.25, 0.3) is 10.9 Å². The van der Waals surface area contributed by atoms with Crippen LogP contribution in [0.5, 0.6) is 0 Å². The molecule has 5 heteroatoms. The van der Waals surface area contributed by atoms with Gasteiger partial charge < -0.3 is 15.2 Å². The zero-order valence-corrected chi connectivity index (χ0v) is 16.1. The number of hydrogen-bond acceptors (Lipinski definition) is 2. The summed E-state index contributed by atoms with van der Waals surface area (Å²) in [6.07, 6.45) is 4.09. The molecule has 3 aromatic rings. The van der Waals surface area contributed by atoms with Gasteiger partial charge in [0.2, 0.25) is 5.91 Å². The lowest BCUT2D eigenvalue weighted by Gasteiger charge is -2.32. The molecule has 0 bridgehead atoms. The highest BCUT2D eigenvalue weighted by Crippen LogP contribution is 2.33. The third-order valence-electron chi connectivity index (χ3n) is 5.59. The lowest BCUT2D eigenvalue weighted by molar-refractivity contribution is -0.119. The van der Waals surface area contributed by atoms with E-state index in [0.717, 1.165) is 31.5 Å². The summed E-state index contributed by atoms with van der Waals surface area (Å²) in [4.78, 5) is 29.2. The molecule has 0 saturated carbocycles. The van der Waals surface area contributed by atoms with Crippen molar-refractivity contribution in [2.75, 3.05) is 13.1 Å². The van der Waals surface area contributed by atoms with Gasteiger partial charge in [0, 0.05) is 49.2 Å². The molecule has 1 fully saturated rings. The Hall–Kier alpha value is -3.08. The maximum absolute atomic E-state index is 12.8. The van der Waals surface area contributed by atoms with Crippen LogP contribution in [0.2, 0.25) is 0 Å². The topological polar surface area (TPSA) is 65.2 Å². The Morgan fingerprint density at radius 2 is 1.79 bits per heavy atom. The van der Waals surface area contributed by atoms with Crippen LogP contribution in [0.4, 0.5) is 0 Å². The number of piperidine rings is 1. The maximum Gasteiger partial charge on any atom is 0.253 e. The predicted octanol–water partition coefficient (Wildman–Crippen LogP) is 3.82. The summed E-state index contributed by atoms with van der Waals surface area (Å²) in [5.74, 6) is 0.516. The van der Waals surface area contributed by atoms with Crippen LogP contribution in [0.15, 0.2) is 54.7 Å². The minimum Gasteiger partial charge on any atom is -0.361 e. The van der Waals surface area contributed by atoms with Crippen LogP contribution >= 0.6 is 0 Å². The number of likely N-dealkylation sites (tertiary alicyclic amines) is 1. The number of fused-ring (bicyclic) bond motifs is 1. The molecule has 5 nitrogen and oxygen atoms in total. The van der Waals surface area contributed by atoms with Gasteiger partial charge in [0.1, 0.15) is 0 Å². The van der Waals surface area contributed by atoms with Gasteiger partial charge >= 0.3 is 0 Å². The van der Waals surface area contributed by atoms with Gasteiger partial charge in [-0.05, 0) is 48.1 Å². The SMILES string of the molecule is CC(=O)NCc1ccc(C(=O)N2CCC(c3c[nH]c4ccccc34)CC2)cc1. The Morgan fingerprint density at radius 1 is 1.07 bits per heavy atom. The molecule has 2 N–H and O–H groups in total. The summed E-state index contributed by atoms with van der Waals surface area (Å²) < 4.78 is 0. The van der Waals surface area contributed by atoms with Gasteiger partial charge in [-0.2, -0.15) is 0 Å².